The molecule has 1 aromatic rings. The van der Waals surface area contributed by atoms with Crippen molar-refractivity contribution in [3.05, 3.63) is 29.6 Å². The molecular formula is C18H23NO4. The zero-order valence-electron chi connectivity index (χ0n) is 13.4. The van der Waals surface area contributed by atoms with Crippen molar-refractivity contribution in [1.29, 1.82) is 0 Å². The Morgan fingerprint density at radius 2 is 1.87 bits per heavy atom. The molecule has 3 rings (SSSR count). The number of nitrogens with zero attached hydrogens (tertiary/aromatic N) is 1. The lowest BCUT2D eigenvalue weighted by atomic mass is 9.81. The molecule has 0 aromatic carbocycles. The molecule has 1 unspecified atom stereocenters. The second kappa shape index (κ2) is 6.58. The number of hydrogen-bond acceptors (Lipinski definition) is 5. The van der Waals surface area contributed by atoms with E-state index in [9.17, 15) is 10.2 Å². The average molecular weight is 317 g/mol. The molecule has 1 saturated heterocycles. The van der Waals surface area contributed by atoms with Crippen molar-refractivity contribution in [2.75, 3.05) is 13.2 Å². The van der Waals surface area contributed by atoms with Crippen molar-refractivity contribution in [2.24, 2.45) is 0 Å². The van der Waals surface area contributed by atoms with Gasteiger partial charge in [-0.15, -0.1) is 0 Å². The minimum Gasteiger partial charge on any atom is -0.378 e. The molecule has 2 heterocycles. The predicted octanol–water partition coefficient (Wildman–Crippen LogP) is 1.87. The highest BCUT2D eigenvalue weighted by Gasteiger charge is 2.43. The summed E-state index contributed by atoms with van der Waals surface area (Å²) in [5, 5.41) is 20.7. The van der Waals surface area contributed by atoms with Gasteiger partial charge in [0.25, 0.3) is 0 Å². The van der Waals surface area contributed by atoms with Gasteiger partial charge < -0.3 is 19.7 Å². The molecule has 1 aromatic heterocycles. The molecule has 1 spiro atoms. The van der Waals surface area contributed by atoms with E-state index in [-0.39, 0.29) is 0 Å². The van der Waals surface area contributed by atoms with Gasteiger partial charge in [-0.1, -0.05) is 17.9 Å². The van der Waals surface area contributed by atoms with Crippen molar-refractivity contribution in [3.8, 4) is 11.8 Å². The number of aromatic nitrogens is 1. The van der Waals surface area contributed by atoms with Gasteiger partial charge in [0.2, 0.25) is 0 Å². The Morgan fingerprint density at radius 3 is 2.48 bits per heavy atom. The normalized spacial score (nSPS) is 23.8. The van der Waals surface area contributed by atoms with Gasteiger partial charge in [-0.2, -0.15) is 0 Å². The van der Waals surface area contributed by atoms with Crippen molar-refractivity contribution in [3.63, 3.8) is 0 Å². The highest BCUT2D eigenvalue weighted by molar-refractivity contribution is 5.26. The molecule has 2 aliphatic rings. The van der Waals surface area contributed by atoms with E-state index >= 15 is 0 Å². The summed E-state index contributed by atoms with van der Waals surface area (Å²) < 4.78 is 11.5. The molecule has 124 valence electrons. The zero-order chi connectivity index (χ0) is 16.3. The van der Waals surface area contributed by atoms with Crippen LogP contribution in [0.1, 0.15) is 49.5 Å². The average Bonchev–Trinajstić information content (AvgIpc) is 2.58. The van der Waals surface area contributed by atoms with Gasteiger partial charge in [0, 0.05) is 30.3 Å². The smallest absolute Gasteiger partial charge is 0.168 e. The molecule has 0 bridgehead atoms. The van der Waals surface area contributed by atoms with Gasteiger partial charge in [0.1, 0.15) is 11.7 Å². The Labute approximate surface area is 136 Å². The summed E-state index contributed by atoms with van der Waals surface area (Å²) >= 11 is 0. The molecule has 1 aliphatic carbocycles. The second-order valence-electron chi connectivity index (χ2n) is 6.40. The summed E-state index contributed by atoms with van der Waals surface area (Å²) in [7, 11) is 0. The van der Waals surface area contributed by atoms with Crippen LogP contribution in [0.15, 0.2) is 18.3 Å². The molecule has 23 heavy (non-hydrogen) atoms. The fraction of sp³-hybridized carbons (Fsp3) is 0.611. The first kappa shape index (κ1) is 16.4. The van der Waals surface area contributed by atoms with Gasteiger partial charge in [-0.25, -0.2) is 0 Å². The summed E-state index contributed by atoms with van der Waals surface area (Å²) in [6.45, 7) is 3.31. The fourth-order valence-corrected chi connectivity index (χ4v) is 3.00. The Bertz CT molecular complexity index is 586. The molecule has 5 heteroatoms. The predicted molar refractivity (Wildman–Crippen MR) is 84.4 cm³/mol. The first-order valence-electron chi connectivity index (χ1n) is 8.14. The summed E-state index contributed by atoms with van der Waals surface area (Å²) in [6, 6.07) is 3.63. The zero-order valence-corrected chi connectivity index (χ0v) is 13.4. The topological polar surface area (TPSA) is 71.8 Å². The molecule has 0 amide bonds. The minimum absolute atomic E-state index is 0.485. The Kier molecular flexibility index (Phi) is 4.69. The maximum atomic E-state index is 10.6. The van der Waals surface area contributed by atoms with Gasteiger partial charge in [-0.3, -0.25) is 4.98 Å². The summed E-state index contributed by atoms with van der Waals surface area (Å²) in [4.78, 5) is 4.15. The van der Waals surface area contributed by atoms with Crippen LogP contribution in [-0.2, 0) is 9.47 Å². The Morgan fingerprint density at radius 1 is 1.17 bits per heavy atom. The largest absolute Gasteiger partial charge is 0.378 e. The molecule has 2 N–H and O–H groups in total. The summed E-state index contributed by atoms with van der Waals surface area (Å²) in [5.74, 6) is 5.07. The second-order valence-corrected chi connectivity index (χ2v) is 6.40. The number of hydrogen-bond donors (Lipinski definition) is 2. The van der Waals surface area contributed by atoms with Crippen LogP contribution in [-0.4, -0.2) is 39.8 Å². The van der Waals surface area contributed by atoms with E-state index in [1.165, 1.54) is 0 Å². The van der Waals surface area contributed by atoms with E-state index in [2.05, 4.69) is 16.8 Å². The van der Waals surface area contributed by atoms with E-state index in [1.54, 1.807) is 12.3 Å². The summed E-state index contributed by atoms with van der Waals surface area (Å²) in [6.07, 6.45) is 3.81. The molecule has 0 radical (unpaired) electrons. The van der Waals surface area contributed by atoms with Gasteiger partial charge in [-0.05, 0) is 32.3 Å². The molecular weight excluding hydrogens is 294 g/mol. The van der Waals surface area contributed by atoms with E-state index in [1.807, 2.05) is 13.0 Å². The summed E-state index contributed by atoms with van der Waals surface area (Å²) in [5.41, 5.74) is 0.435. The Hall–Kier alpha value is -1.45. The molecule has 5 nitrogen and oxygen atoms in total. The van der Waals surface area contributed by atoms with Crippen LogP contribution in [0.5, 0.6) is 0 Å². The third-order valence-electron chi connectivity index (χ3n) is 4.55. The first-order valence-corrected chi connectivity index (χ1v) is 8.14. The third-order valence-corrected chi connectivity index (χ3v) is 4.55. The number of aryl methyl sites for hydroxylation is 1. The number of pyridine rings is 1. The van der Waals surface area contributed by atoms with Crippen LogP contribution in [0.2, 0.25) is 0 Å². The van der Waals surface area contributed by atoms with E-state index in [0.717, 1.165) is 12.1 Å². The van der Waals surface area contributed by atoms with Crippen molar-refractivity contribution in [2.45, 2.75) is 56.5 Å². The van der Waals surface area contributed by atoms with Crippen LogP contribution in [0.25, 0.3) is 0 Å². The van der Waals surface area contributed by atoms with E-state index in [4.69, 9.17) is 9.47 Å². The third kappa shape index (κ3) is 3.91. The molecule has 1 aliphatic heterocycles. The lowest BCUT2D eigenvalue weighted by molar-refractivity contribution is -0.288. The quantitative estimate of drug-likeness (QED) is 0.774. The van der Waals surface area contributed by atoms with Crippen LogP contribution in [0.4, 0.5) is 0 Å². The minimum atomic E-state index is -1.09. The standard InChI is InChI=1S/C18H23NO4/c1-14-3-4-15(13-19-14)16(20)5-6-17(21)7-9-18(10-8-17)22-11-2-12-23-18/h3-4,13,16,20-21H,2,7-12H2,1H3. The Balaban J connectivity index is 1.63. The van der Waals surface area contributed by atoms with Crippen molar-refractivity contribution < 1.29 is 19.7 Å². The van der Waals surface area contributed by atoms with E-state index < -0.39 is 17.5 Å². The fourth-order valence-electron chi connectivity index (χ4n) is 3.00. The van der Waals surface area contributed by atoms with Crippen LogP contribution in [0, 0.1) is 18.8 Å². The van der Waals surface area contributed by atoms with Gasteiger partial charge >= 0.3 is 0 Å². The molecule has 2 fully saturated rings. The van der Waals surface area contributed by atoms with Crippen LogP contribution < -0.4 is 0 Å². The lowest BCUT2D eigenvalue weighted by Crippen LogP contribution is -2.48. The maximum Gasteiger partial charge on any atom is 0.168 e. The van der Waals surface area contributed by atoms with Crippen LogP contribution in [0.3, 0.4) is 0 Å². The molecule has 1 saturated carbocycles. The first-order chi connectivity index (χ1) is 11.0. The number of aliphatic hydroxyl groups excluding tert-OH is 1. The maximum absolute atomic E-state index is 10.6. The van der Waals surface area contributed by atoms with Gasteiger partial charge in [0.05, 0.1) is 13.2 Å². The van der Waals surface area contributed by atoms with E-state index in [0.29, 0.717) is 44.5 Å². The van der Waals surface area contributed by atoms with Crippen molar-refractivity contribution >= 4 is 0 Å². The lowest BCUT2D eigenvalue weighted by Gasteiger charge is -2.43. The SMILES string of the molecule is Cc1ccc(C(O)C#CC2(O)CCC3(CC2)OCCCO3)cn1. The highest BCUT2D eigenvalue weighted by Crippen LogP contribution is 2.39. The van der Waals surface area contributed by atoms with Crippen molar-refractivity contribution in [1.82, 2.24) is 4.98 Å². The number of ether oxygens (including phenoxy) is 2. The van der Waals surface area contributed by atoms with Gasteiger partial charge in [0.15, 0.2) is 5.79 Å². The van der Waals surface area contributed by atoms with Crippen LogP contribution >= 0.6 is 0 Å². The number of aliphatic hydroxyl groups is 2. The monoisotopic (exact) mass is 317 g/mol. The number of rotatable bonds is 1. The highest BCUT2D eigenvalue weighted by atomic mass is 16.7. The molecule has 1 atom stereocenters.